The third-order valence-corrected chi connectivity index (χ3v) is 9.95. The highest BCUT2D eigenvalue weighted by atomic mass is 79.9. The molecule has 8 heteroatoms. The molecule has 1 atom stereocenters. The van der Waals surface area contributed by atoms with Crippen LogP contribution in [0.1, 0.15) is 46.1 Å². The van der Waals surface area contributed by atoms with Crippen molar-refractivity contribution in [1.82, 2.24) is 9.13 Å². The van der Waals surface area contributed by atoms with Crippen molar-refractivity contribution in [3.8, 4) is 17.2 Å². The molecule has 1 aliphatic heterocycles. The number of ether oxygens (including phenoxy) is 2. The first kappa shape index (κ1) is 27.7. The minimum atomic E-state index is -0.295. The van der Waals surface area contributed by atoms with Gasteiger partial charge in [0.2, 0.25) is 0 Å². The van der Waals surface area contributed by atoms with Gasteiger partial charge in [-0.3, -0.25) is 9.36 Å². The molecule has 3 aromatic carbocycles. The Balaban J connectivity index is 1.44. The molecule has 2 aliphatic rings. The molecule has 216 valence electrons. The summed E-state index contributed by atoms with van der Waals surface area (Å²) in [4.78, 5) is 20.2. The van der Waals surface area contributed by atoms with Crippen LogP contribution in [0.2, 0.25) is 0 Å². The largest absolute Gasteiger partial charge is 0.493 e. The summed E-state index contributed by atoms with van der Waals surface area (Å²) in [6.45, 7) is 4.19. The third kappa shape index (κ3) is 4.60. The Morgan fingerprint density at radius 1 is 0.953 bits per heavy atom. The van der Waals surface area contributed by atoms with Gasteiger partial charge in [0.05, 0.1) is 30.5 Å². The van der Waals surface area contributed by atoms with E-state index in [4.69, 9.17) is 14.5 Å². The van der Waals surface area contributed by atoms with Gasteiger partial charge in [0.25, 0.3) is 5.56 Å². The van der Waals surface area contributed by atoms with Crippen molar-refractivity contribution in [2.24, 2.45) is 4.99 Å². The van der Waals surface area contributed by atoms with Crippen LogP contribution in [0.5, 0.6) is 11.5 Å². The minimum Gasteiger partial charge on any atom is -0.493 e. The van der Waals surface area contributed by atoms with Gasteiger partial charge in [0.1, 0.15) is 0 Å². The number of allylic oxidation sites excluding steroid dienone is 1. The van der Waals surface area contributed by atoms with Crippen LogP contribution in [-0.4, -0.2) is 23.4 Å². The molecule has 0 spiro atoms. The second-order valence-electron chi connectivity index (χ2n) is 10.9. The molecule has 0 unspecified atom stereocenters. The van der Waals surface area contributed by atoms with Crippen LogP contribution >= 0.6 is 27.3 Å². The van der Waals surface area contributed by atoms with E-state index >= 15 is 0 Å². The summed E-state index contributed by atoms with van der Waals surface area (Å²) in [6, 6.07) is 24.5. The van der Waals surface area contributed by atoms with Gasteiger partial charge in [-0.1, -0.05) is 57.6 Å². The zero-order chi connectivity index (χ0) is 29.8. The molecule has 2 aromatic heterocycles. The van der Waals surface area contributed by atoms with Gasteiger partial charge in [-0.25, -0.2) is 4.99 Å². The van der Waals surface area contributed by atoms with Gasteiger partial charge in [0, 0.05) is 27.1 Å². The first-order chi connectivity index (χ1) is 20.9. The number of hydrogen-bond acceptors (Lipinski definition) is 5. The maximum absolute atomic E-state index is 14.3. The first-order valence-electron chi connectivity index (χ1n) is 14.2. The molecular weight excluding hydrogens is 622 g/mol. The lowest BCUT2D eigenvalue weighted by molar-refractivity contribution is 0.354. The molecule has 0 fully saturated rings. The lowest BCUT2D eigenvalue weighted by Gasteiger charge is -2.31. The number of benzene rings is 3. The molecule has 3 heterocycles. The first-order valence-corrected chi connectivity index (χ1v) is 15.8. The zero-order valence-electron chi connectivity index (χ0n) is 24.3. The Hall–Kier alpha value is -4.14. The molecule has 5 aromatic rings. The molecule has 6 nitrogen and oxygen atoms in total. The standard InChI is InChI=1S/C35H30BrN3O3S/c1-20-17-24(21(2)38(20)26-13-11-25(36)12-14-26)19-31-34(40)39-33(23-10-16-29(41-3)30(18-23)42-4)28-15-9-22-7-5-6-8-27(22)32(28)37-35(39)43-31/h5-8,10-14,16-19,33H,9,15H2,1-4H3/b31-19+/t33-/m1/s1. The molecule has 7 rings (SSSR count). The number of thiazole rings is 1. The quantitative estimate of drug-likeness (QED) is 0.218. The van der Waals surface area contributed by atoms with E-state index in [-0.39, 0.29) is 11.6 Å². The van der Waals surface area contributed by atoms with E-state index in [9.17, 15) is 4.79 Å². The maximum Gasteiger partial charge on any atom is 0.271 e. The van der Waals surface area contributed by atoms with Crippen LogP contribution in [0.4, 0.5) is 0 Å². The van der Waals surface area contributed by atoms with E-state index in [0.717, 1.165) is 62.4 Å². The number of aromatic nitrogens is 2. The van der Waals surface area contributed by atoms with E-state index in [1.165, 1.54) is 16.9 Å². The number of halogens is 1. The topological polar surface area (TPSA) is 57.8 Å². The number of aryl methyl sites for hydroxylation is 2. The predicted molar refractivity (Wildman–Crippen MR) is 175 cm³/mol. The lowest BCUT2D eigenvalue weighted by Crippen LogP contribution is -2.38. The van der Waals surface area contributed by atoms with Crippen LogP contribution in [0.25, 0.3) is 17.5 Å². The second kappa shape index (κ2) is 10.8. The van der Waals surface area contributed by atoms with Crippen molar-refractivity contribution in [1.29, 1.82) is 0 Å². The van der Waals surface area contributed by atoms with E-state index in [1.54, 1.807) is 14.2 Å². The third-order valence-electron chi connectivity index (χ3n) is 8.44. The highest BCUT2D eigenvalue weighted by Gasteiger charge is 2.33. The van der Waals surface area contributed by atoms with Crippen molar-refractivity contribution in [2.75, 3.05) is 14.2 Å². The number of fused-ring (bicyclic) bond motifs is 3. The number of methoxy groups -OCH3 is 2. The van der Waals surface area contributed by atoms with Crippen LogP contribution < -0.4 is 24.4 Å². The van der Waals surface area contributed by atoms with Crippen molar-refractivity contribution < 1.29 is 9.47 Å². The molecular formula is C35H30BrN3O3S. The molecule has 1 aliphatic carbocycles. The number of rotatable bonds is 5. The van der Waals surface area contributed by atoms with E-state index in [2.05, 4.69) is 76.8 Å². The van der Waals surface area contributed by atoms with Crippen molar-refractivity contribution >= 4 is 39.0 Å². The van der Waals surface area contributed by atoms with Gasteiger partial charge in [0.15, 0.2) is 16.3 Å². The normalized spacial score (nSPS) is 15.9. The highest BCUT2D eigenvalue weighted by molar-refractivity contribution is 9.10. The van der Waals surface area contributed by atoms with E-state index in [1.807, 2.05) is 41.0 Å². The predicted octanol–water partition coefficient (Wildman–Crippen LogP) is 6.51. The second-order valence-corrected chi connectivity index (χ2v) is 12.8. The molecule has 0 saturated heterocycles. The summed E-state index contributed by atoms with van der Waals surface area (Å²) in [5.41, 5.74) is 9.77. The van der Waals surface area contributed by atoms with Crippen LogP contribution in [0.3, 0.4) is 0 Å². The van der Waals surface area contributed by atoms with E-state index < -0.39 is 0 Å². The summed E-state index contributed by atoms with van der Waals surface area (Å²) in [6.07, 6.45) is 3.75. The van der Waals surface area contributed by atoms with E-state index in [0.29, 0.717) is 20.8 Å². The Morgan fingerprint density at radius 3 is 2.49 bits per heavy atom. The van der Waals surface area contributed by atoms with Gasteiger partial charge >= 0.3 is 0 Å². The lowest BCUT2D eigenvalue weighted by atomic mass is 9.83. The van der Waals surface area contributed by atoms with Crippen molar-refractivity contribution in [2.45, 2.75) is 32.7 Å². The summed E-state index contributed by atoms with van der Waals surface area (Å²) < 4.78 is 17.0. The van der Waals surface area contributed by atoms with Gasteiger partial charge < -0.3 is 14.0 Å². The Bertz CT molecular complexity index is 2120. The highest BCUT2D eigenvalue weighted by Crippen LogP contribution is 2.42. The summed E-state index contributed by atoms with van der Waals surface area (Å²) in [7, 11) is 3.27. The minimum absolute atomic E-state index is 0.0395. The molecule has 0 N–H and O–H groups in total. The summed E-state index contributed by atoms with van der Waals surface area (Å²) in [5.74, 6) is 1.29. The fourth-order valence-electron chi connectivity index (χ4n) is 6.41. The van der Waals surface area contributed by atoms with Crippen LogP contribution in [-0.2, 0) is 6.42 Å². The average Bonchev–Trinajstić information content (AvgIpc) is 3.49. The Labute approximate surface area is 262 Å². The Kier molecular flexibility index (Phi) is 6.98. The van der Waals surface area contributed by atoms with Crippen LogP contribution in [0.15, 0.2) is 92.6 Å². The molecule has 43 heavy (non-hydrogen) atoms. The summed E-state index contributed by atoms with van der Waals surface area (Å²) >= 11 is 4.98. The Morgan fingerprint density at radius 2 is 1.72 bits per heavy atom. The number of hydrogen-bond donors (Lipinski definition) is 0. The van der Waals surface area contributed by atoms with Gasteiger partial charge in [-0.05, 0) is 97.5 Å². The maximum atomic E-state index is 14.3. The molecule has 0 saturated carbocycles. The summed E-state index contributed by atoms with van der Waals surface area (Å²) in [5, 5.41) is 0. The molecule has 0 bridgehead atoms. The van der Waals surface area contributed by atoms with Gasteiger partial charge in [-0.2, -0.15) is 0 Å². The fraction of sp³-hybridized carbons (Fsp3) is 0.200. The zero-order valence-corrected chi connectivity index (χ0v) is 26.8. The average molecular weight is 653 g/mol. The fourth-order valence-corrected chi connectivity index (χ4v) is 7.66. The monoisotopic (exact) mass is 651 g/mol. The van der Waals surface area contributed by atoms with Crippen molar-refractivity contribution in [3.05, 3.63) is 136 Å². The van der Waals surface area contributed by atoms with Crippen molar-refractivity contribution in [3.63, 3.8) is 0 Å². The molecule has 0 radical (unpaired) electrons. The number of nitrogens with zero attached hydrogens (tertiary/aromatic N) is 3. The smallest absolute Gasteiger partial charge is 0.271 e. The van der Waals surface area contributed by atoms with Gasteiger partial charge in [-0.15, -0.1) is 0 Å². The SMILES string of the molecule is COc1ccc([C@@H]2C3=C(N=c4s/c(=C/c5cc(C)n(-c6ccc(Br)cc6)c5C)c(=O)n42)c2ccccc2CC3)cc1OC. The van der Waals surface area contributed by atoms with Crippen LogP contribution in [0, 0.1) is 13.8 Å². The molecule has 0 amide bonds.